The molecule has 0 bridgehead atoms. The van der Waals surface area contributed by atoms with Gasteiger partial charge in [-0.25, -0.2) is 13.4 Å². The van der Waals surface area contributed by atoms with Crippen LogP contribution in [0.25, 0.3) is 0 Å². The number of carbonyl (C=O) groups excluding carboxylic acids is 1. The van der Waals surface area contributed by atoms with Crippen LogP contribution in [0, 0.1) is 11.3 Å². The third kappa shape index (κ3) is 4.21. The molecule has 0 spiro atoms. The van der Waals surface area contributed by atoms with Crippen molar-refractivity contribution >= 4 is 15.9 Å². The highest BCUT2D eigenvalue weighted by Crippen LogP contribution is 2.31. The molecule has 2 aromatic carbocycles. The Morgan fingerprint density at radius 2 is 1.94 bits per heavy atom. The molecule has 31 heavy (non-hydrogen) atoms. The molecule has 0 aliphatic carbocycles. The van der Waals surface area contributed by atoms with E-state index in [1.807, 2.05) is 36.4 Å². The van der Waals surface area contributed by atoms with Crippen molar-refractivity contribution in [2.24, 2.45) is 7.05 Å². The number of hydrogen-bond donors (Lipinski definition) is 1. The SMILES string of the molecule is Cn1cnc(S(=O)(=O)N2C[C@@H](NC(=O)c3cccc(C#N)c3)[C@H](c3ccccc3)C2)c1. The number of aryl methyl sites for hydroxylation is 1. The summed E-state index contributed by atoms with van der Waals surface area (Å²) in [5.41, 5.74) is 1.69. The highest BCUT2D eigenvalue weighted by molar-refractivity contribution is 7.89. The molecular formula is C22H21N5O3S. The molecule has 1 aliphatic rings. The van der Waals surface area contributed by atoms with Gasteiger partial charge in [-0.05, 0) is 23.8 Å². The van der Waals surface area contributed by atoms with Gasteiger partial charge in [-0.2, -0.15) is 9.57 Å². The van der Waals surface area contributed by atoms with Crippen molar-refractivity contribution in [1.82, 2.24) is 19.2 Å². The van der Waals surface area contributed by atoms with Crippen molar-refractivity contribution in [3.05, 3.63) is 83.8 Å². The zero-order valence-corrected chi connectivity index (χ0v) is 17.7. The van der Waals surface area contributed by atoms with Gasteiger partial charge in [0.25, 0.3) is 15.9 Å². The lowest BCUT2D eigenvalue weighted by molar-refractivity contribution is 0.0936. The minimum absolute atomic E-state index is 0.0180. The van der Waals surface area contributed by atoms with E-state index in [-0.39, 0.29) is 29.9 Å². The molecule has 3 aromatic rings. The maximum Gasteiger partial charge on any atom is 0.262 e. The number of benzene rings is 2. The fourth-order valence-corrected chi connectivity index (χ4v) is 5.24. The van der Waals surface area contributed by atoms with Crippen LogP contribution in [0.4, 0.5) is 0 Å². The molecule has 1 saturated heterocycles. The molecule has 1 amide bonds. The molecule has 1 fully saturated rings. The molecule has 1 aliphatic heterocycles. The zero-order valence-electron chi connectivity index (χ0n) is 16.8. The Balaban J connectivity index is 1.62. The number of rotatable bonds is 5. The molecule has 158 valence electrons. The molecule has 0 unspecified atom stereocenters. The fourth-order valence-electron chi connectivity index (χ4n) is 3.78. The highest BCUT2D eigenvalue weighted by Gasteiger charge is 2.41. The van der Waals surface area contributed by atoms with E-state index in [2.05, 4.69) is 10.3 Å². The van der Waals surface area contributed by atoms with Gasteiger partial charge < -0.3 is 9.88 Å². The van der Waals surface area contributed by atoms with Crippen molar-refractivity contribution in [3.63, 3.8) is 0 Å². The number of nitriles is 1. The molecule has 2 heterocycles. The summed E-state index contributed by atoms with van der Waals surface area (Å²) in [7, 11) is -2.09. The van der Waals surface area contributed by atoms with Gasteiger partial charge in [-0.1, -0.05) is 36.4 Å². The minimum Gasteiger partial charge on any atom is -0.347 e. The minimum atomic E-state index is -3.80. The first-order valence-corrected chi connectivity index (χ1v) is 11.2. The number of carbonyl (C=O) groups is 1. The van der Waals surface area contributed by atoms with Crippen LogP contribution >= 0.6 is 0 Å². The predicted molar refractivity (Wildman–Crippen MR) is 114 cm³/mol. The zero-order chi connectivity index (χ0) is 22.0. The van der Waals surface area contributed by atoms with E-state index in [1.165, 1.54) is 22.9 Å². The molecule has 9 heteroatoms. The maximum absolute atomic E-state index is 13.1. The topological polar surface area (TPSA) is 108 Å². The first kappa shape index (κ1) is 20.8. The number of imidazole rings is 1. The summed E-state index contributed by atoms with van der Waals surface area (Å²) >= 11 is 0. The lowest BCUT2D eigenvalue weighted by atomic mass is 9.94. The van der Waals surface area contributed by atoms with Crippen LogP contribution in [0.2, 0.25) is 0 Å². The van der Waals surface area contributed by atoms with Gasteiger partial charge >= 0.3 is 0 Å². The van der Waals surface area contributed by atoms with Crippen LogP contribution in [-0.2, 0) is 17.1 Å². The molecule has 4 rings (SSSR count). The van der Waals surface area contributed by atoms with Gasteiger partial charge in [0, 0.05) is 37.8 Å². The number of aromatic nitrogens is 2. The van der Waals surface area contributed by atoms with E-state index in [9.17, 15) is 13.2 Å². The average molecular weight is 436 g/mol. The van der Waals surface area contributed by atoms with Gasteiger partial charge in [0.1, 0.15) is 0 Å². The normalized spacial score (nSPS) is 19.1. The molecular weight excluding hydrogens is 414 g/mol. The lowest BCUT2D eigenvalue weighted by Gasteiger charge is -2.20. The fraction of sp³-hybridized carbons (Fsp3) is 0.227. The standard InChI is InChI=1S/C22H21N5O3S/c1-26-14-21(24-15-26)31(29,30)27-12-19(17-7-3-2-4-8-17)20(13-27)25-22(28)18-9-5-6-16(10-18)11-23/h2-10,14-15,19-20H,12-13H2,1H3,(H,25,28)/t19-,20+/m0/s1. The second kappa shape index (κ2) is 8.34. The summed E-state index contributed by atoms with van der Waals surface area (Å²) in [6, 6.07) is 17.5. The molecule has 1 aromatic heterocycles. The van der Waals surface area contributed by atoms with Crippen molar-refractivity contribution < 1.29 is 13.2 Å². The summed E-state index contributed by atoms with van der Waals surface area (Å²) in [5.74, 6) is -0.567. The van der Waals surface area contributed by atoms with Crippen LogP contribution in [0.3, 0.4) is 0 Å². The number of hydrogen-bond acceptors (Lipinski definition) is 5. The first-order chi connectivity index (χ1) is 14.9. The van der Waals surface area contributed by atoms with Crippen molar-refractivity contribution in [1.29, 1.82) is 5.26 Å². The van der Waals surface area contributed by atoms with Gasteiger partial charge in [0.15, 0.2) is 5.03 Å². The number of nitrogens with zero attached hydrogens (tertiary/aromatic N) is 4. The number of sulfonamides is 1. The first-order valence-electron chi connectivity index (χ1n) is 9.72. The summed E-state index contributed by atoms with van der Waals surface area (Å²) in [5, 5.41) is 12.0. The monoisotopic (exact) mass is 435 g/mol. The Morgan fingerprint density at radius 1 is 1.16 bits per heavy atom. The van der Waals surface area contributed by atoms with E-state index < -0.39 is 16.1 Å². The predicted octanol–water partition coefficient (Wildman–Crippen LogP) is 1.88. The van der Waals surface area contributed by atoms with Crippen LogP contribution in [0.1, 0.15) is 27.4 Å². The molecule has 0 radical (unpaired) electrons. The molecule has 8 nitrogen and oxygen atoms in total. The van der Waals surface area contributed by atoms with Crippen molar-refractivity contribution in [2.45, 2.75) is 17.0 Å². The lowest BCUT2D eigenvalue weighted by Crippen LogP contribution is -2.40. The van der Waals surface area contributed by atoms with Gasteiger partial charge in [0.2, 0.25) is 0 Å². The quantitative estimate of drug-likeness (QED) is 0.658. The van der Waals surface area contributed by atoms with Crippen LogP contribution in [-0.4, -0.2) is 47.3 Å². The van der Waals surface area contributed by atoms with Gasteiger partial charge in [0.05, 0.1) is 24.0 Å². The van der Waals surface area contributed by atoms with Crippen molar-refractivity contribution in [2.75, 3.05) is 13.1 Å². The summed E-state index contributed by atoms with van der Waals surface area (Å²) in [6.45, 7) is 0.355. The third-order valence-corrected chi connectivity index (χ3v) is 7.09. The molecule has 1 N–H and O–H groups in total. The Morgan fingerprint density at radius 3 is 2.61 bits per heavy atom. The Labute approximate surface area is 180 Å². The highest BCUT2D eigenvalue weighted by atomic mass is 32.2. The van der Waals surface area contributed by atoms with Crippen LogP contribution in [0.15, 0.2) is 72.1 Å². The van der Waals surface area contributed by atoms with Crippen LogP contribution < -0.4 is 5.32 Å². The number of amides is 1. The van der Waals surface area contributed by atoms with E-state index >= 15 is 0 Å². The van der Waals surface area contributed by atoms with Gasteiger partial charge in [-0.3, -0.25) is 4.79 Å². The molecule has 0 saturated carbocycles. The number of nitrogens with one attached hydrogen (secondary N) is 1. The molecule has 2 atom stereocenters. The Hall–Kier alpha value is -3.48. The van der Waals surface area contributed by atoms with Crippen LogP contribution in [0.5, 0.6) is 0 Å². The Kier molecular flexibility index (Phi) is 5.59. The largest absolute Gasteiger partial charge is 0.347 e. The summed E-state index contributed by atoms with van der Waals surface area (Å²) in [6.07, 6.45) is 2.91. The van der Waals surface area contributed by atoms with E-state index in [4.69, 9.17) is 5.26 Å². The second-order valence-electron chi connectivity index (χ2n) is 7.49. The third-order valence-electron chi connectivity index (χ3n) is 5.37. The van der Waals surface area contributed by atoms with E-state index in [0.717, 1.165) is 5.56 Å². The summed E-state index contributed by atoms with van der Waals surface area (Å²) < 4.78 is 29.2. The Bertz CT molecular complexity index is 1250. The van der Waals surface area contributed by atoms with E-state index in [0.29, 0.717) is 11.1 Å². The maximum atomic E-state index is 13.1. The second-order valence-corrected chi connectivity index (χ2v) is 9.37. The van der Waals surface area contributed by atoms with E-state index in [1.54, 1.807) is 29.8 Å². The summed E-state index contributed by atoms with van der Waals surface area (Å²) in [4.78, 5) is 16.9. The van der Waals surface area contributed by atoms with Gasteiger partial charge in [-0.15, -0.1) is 0 Å². The average Bonchev–Trinajstić information content (AvgIpc) is 3.41. The van der Waals surface area contributed by atoms with Crippen molar-refractivity contribution in [3.8, 4) is 6.07 Å². The smallest absolute Gasteiger partial charge is 0.262 e.